The third kappa shape index (κ3) is 5.35. The molecule has 0 radical (unpaired) electrons. The molecule has 132 valence electrons. The van der Waals surface area contributed by atoms with E-state index in [-0.39, 0.29) is 12.5 Å². The highest BCUT2D eigenvalue weighted by Gasteiger charge is 2.24. The van der Waals surface area contributed by atoms with Crippen LogP contribution in [0.25, 0.3) is 0 Å². The van der Waals surface area contributed by atoms with Crippen molar-refractivity contribution in [2.75, 3.05) is 13.2 Å². The highest BCUT2D eigenvalue weighted by Crippen LogP contribution is 2.18. The summed E-state index contributed by atoms with van der Waals surface area (Å²) in [6.45, 7) is 4.31. The number of carbonyl (C=O) groups excluding carboxylic acids is 2. The molecule has 0 spiro atoms. The molecule has 5 nitrogen and oxygen atoms in total. The van der Waals surface area contributed by atoms with Gasteiger partial charge >= 0.3 is 5.97 Å². The van der Waals surface area contributed by atoms with Gasteiger partial charge in [-0.15, -0.1) is 0 Å². The lowest BCUT2D eigenvalue weighted by molar-refractivity contribution is -0.145. The Morgan fingerprint density at radius 3 is 2.32 bits per heavy atom. The fraction of sp³-hybridized carbons (Fsp3) is 0.300. The van der Waals surface area contributed by atoms with Gasteiger partial charge in [0.1, 0.15) is 11.8 Å². The topological polar surface area (TPSA) is 64.6 Å². The fourth-order valence-electron chi connectivity index (χ4n) is 2.46. The van der Waals surface area contributed by atoms with Gasteiger partial charge in [0, 0.05) is 6.42 Å². The smallest absolute Gasteiger partial charge is 0.328 e. The van der Waals surface area contributed by atoms with Crippen LogP contribution in [0.2, 0.25) is 0 Å². The van der Waals surface area contributed by atoms with Gasteiger partial charge in [0.2, 0.25) is 0 Å². The van der Waals surface area contributed by atoms with E-state index < -0.39 is 12.0 Å². The fourth-order valence-corrected chi connectivity index (χ4v) is 2.46. The maximum atomic E-state index is 12.7. The number of nitrogens with one attached hydrogen (secondary N) is 1. The van der Waals surface area contributed by atoms with E-state index in [0.717, 1.165) is 5.56 Å². The van der Waals surface area contributed by atoms with E-state index in [2.05, 4.69) is 5.32 Å². The van der Waals surface area contributed by atoms with Gasteiger partial charge in [-0.05, 0) is 31.5 Å². The first-order valence-corrected chi connectivity index (χ1v) is 8.39. The predicted molar refractivity (Wildman–Crippen MR) is 95.6 cm³/mol. The van der Waals surface area contributed by atoms with Gasteiger partial charge in [0.05, 0.1) is 18.8 Å². The molecule has 2 aromatic rings. The van der Waals surface area contributed by atoms with Crippen molar-refractivity contribution < 1.29 is 19.1 Å². The zero-order valence-corrected chi connectivity index (χ0v) is 14.5. The van der Waals surface area contributed by atoms with Crippen LogP contribution in [0.4, 0.5) is 0 Å². The quantitative estimate of drug-likeness (QED) is 0.750. The van der Waals surface area contributed by atoms with E-state index in [4.69, 9.17) is 9.47 Å². The lowest BCUT2D eigenvalue weighted by Crippen LogP contribution is -2.43. The summed E-state index contributed by atoms with van der Waals surface area (Å²) < 4.78 is 10.6. The molecule has 0 bridgehead atoms. The first kappa shape index (κ1) is 18.5. The minimum absolute atomic E-state index is 0.259. The second-order valence-corrected chi connectivity index (χ2v) is 5.40. The number of carbonyl (C=O) groups is 2. The van der Waals surface area contributed by atoms with E-state index in [9.17, 15) is 9.59 Å². The molecule has 1 unspecified atom stereocenters. The second kappa shape index (κ2) is 9.47. The van der Waals surface area contributed by atoms with Gasteiger partial charge in [0.15, 0.2) is 0 Å². The van der Waals surface area contributed by atoms with Gasteiger partial charge < -0.3 is 14.8 Å². The molecule has 25 heavy (non-hydrogen) atoms. The van der Waals surface area contributed by atoms with E-state index >= 15 is 0 Å². The average Bonchev–Trinajstić information content (AvgIpc) is 2.63. The number of ether oxygens (including phenoxy) is 2. The SMILES string of the molecule is CCOC(=O)C(Cc1ccccc1)NC(=O)c1ccccc1OCC. The molecule has 2 aromatic carbocycles. The Bertz CT molecular complexity index is 700. The van der Waals surface area contributed by atoms with Crippen LogP contribution in [-0.4, -0.2) is 31.1 Å². The highest BCUT2D eigenvalue weighted by molar-refractivity contribution is 5.99. The van der Waals surface area contributed by atoms with Crippen LogP contribution in [0, 0.1) is 0 Å². The van der Waals surface area contributed by atoms with Gasteiger partial charge in [-0.2, -0.15) is 0 Å². The Hall–Kier alpha value is -2.82. The Morgan fingerprint density at radius 2 is 1.64 bits per heavy atom. The largest absolute Gasteiger partial charge is 0.493 e. The maximum Gasteiger partial charge on any atom is 0.328 e. The van der Waals surface area contributed by atoms with Gasteiger partial charge in [-0.1, -0.05) is 42.5 Å². The molecule has 0 heterocycles. The zero-order valence-electron chi connectivity index (χ0n) is 14.5. The van der Waals surface area contributed by atoms with Gasteiger partial charge in [-0.3, -0.25) is 4.79 Å². The van der Waals surface area contributed by atoms with Crippen molar-refractivity contribution in [1.82, 2.24) is 5.32 Å². The Labute approximate surface area is 148 Å². The zero-order chi connectivity index (χ0) is 18.1. The normalized spacial score (nSPS) is 11.4. The van der Waals surface area contributed by atoms with E-state index in [1.165, 1.54) is 0 Å². The standard InChI is InChI=1S/C20H23NO4/c1-3-24-18-13-9-8-12-16(18)19(22)21-17(20(23)25-4-2)14-15-10-6-5-7-11-15/h5-13,17H,3-4,14H2,1-2H3,(H,21,22). The Kier molecular flexibility index (Phi) is 7.01. The average molecular weight is 341 g/mol. The molecule has 0 aliphatic rings. The highest BCUT2D eigenvalue weighted by atomic mass is 16.5. The Balaban J connectivity index is 2.18. The third-order valence-corrected chi connectivity index (χ3v) is 3.59. The number of benzene rings is 2. The van der Waals surface area contributed by atoms with Crippen LogP contribution in [0.3, 0.4) is 0 Å². The molecule has 0 saturated carbocycles. The summed E-state index contributed by atoms with van der Waals surface area (Å²) in [4.78, 5) is 24.9. The third-order valence-electron chi connectivity index (χ3n) is 3.59. The lowest BCUT2D eigenvalue weighted by Gasteiger charge is -2.18. The summed E-state index contributed by atoms with van der Waals surface area (Å²) in [5, 5.41) is 2.77. The molecule has 0 aliphatic heterocycles. The Morgan fingerprint density at radius 1 is 0.960 bits per heavy atom. The van der Waals surface area contributed by atoms with Crippen LogP contribution < -0.4 is 10.1 Å². The maximum absolute atomic E-state index is 12.7. The van der Waals surface area contributed by atoms with Crippen LogP contribution in [0.1, 0.15) is 29.8 Å². The molecular weight excluding hydrogens is 318 g/mol. The minimum atomic E-state index is -0.760. The monoisotopic (exact) mass is 341 g/mol. The van der Waals surface area contributed by atoms with Crippen molar-refractivity contribution in [1.29, 1.82) is 0 Å². The van der Waals surface area contributed by atoms with Crippen molar-refractivity contribution in [3.8, 4) is 5.75 Å². The summed E-state index contributed by atoms with van der Waals surface area (Å²) in [5.41, 5.74) is 1.34. The van der Waals surface area contributed by atoms with Gasteiger partial charge in [0.25, 0.3) is 5.91 Å². The second-order valence-electron chi connectivity index (χ2n) is 5.40. The molecule has 1 N–H and O–H groups in total. The summed E-state index contributed by atoms with van der Waals surface area (Å²) >= 11 is 0. The van der Waals surface area contributed by atoms with E-state index in [1.807, 2.05) is 37.3 Å². The van der Waals surface area contributed by atoms with Crippen molar-refractivity contribution in [2.45, 2.75) is 26.3 Å². The van der Waals surface area contributed by atoms with Crippen molar-refractivity contribution >= 4 is 11.9 Å². The molecule has 2 rings (SSSR count). The summed E-state index contributed by atoms with van der Waals surface area (Å²) in [6, 6.07) is 15.7. The molecule has 0 saturated heterocycles. The minimum Gasteiger partial charge on any atom is -0.493 e. The van der Waals surface area contributed by atoms with Gasteiger partial charge in [-0.25, -0.2) is 4.79 Å². The molecule has 0 aromatic heterocycles. The first-order chi connectivity index (χ1) is 12.2. The molecule has 1 amide bonds. The summed E-state index contributed by atoms with van der Waals surface area (Å²) in [6.07, 6.45) is 0.363. The summed E-state index contributed by atoms with van der Waals surface area (Å²) in [5.74, 6) is -0.323. The molecule has 0 aliphatic carbocycles. The predicted octanol–water partition coefficient (Wildman–Crippen LogP) is 2.99. The summed E-state index contributed by atoms with van der Waals surface area (Å²) in [7, 11) is 0. The van der Waals surface area contributed by atoms with Crippen LogP contribution >= 0.6 is 0 Å². The van der Waals surface area contributed by atoms with Crippen molar-refractivity contribution in [3.63, 3.8) is 0 Å². The van der Waals surface area contributed by atoms with Crippen LogP contribution in [0.5, 0.6) is 5.75 Å². The van der Waals surface area contributed by atoms with Crippen molar-refractivity contribution in [3.05, 3.63) is 65.7 Å². The van der Waals surface area contributed by atoms with Crippen molar-refractivity contribution in [2.24, 2.45) is 0 Å². The number of rotatable bonds is 8. The number of hydrogen-bond donors (Lipinski definition) is 1. The molecule has 5 heteroatoms. The lowest BCUT2D eigenvalue weighted by atomic mass is 10.1. The number of hydrogen-bond acceptors (Lipinski definition) is 4. The first-order valence-electron chi connectivity index (χ1n) is 8.39. The van der Waals surface area contributed by atoms with E-state index in [1.54, 1.807) is 31.2 Å². The number of para-hydroxylation sites is 1. The molecule has 0 fully saturated rings. The van der Waals surface area contributed by atoms with Crippen LogP contribution in [-0.2, 0) is 16.0 Å². The molecule has 1 atom stereocenters. The molecular formula is C20H23NO4. The number of amides is 1. The number of esters is 1. The van der Waals surface area contributed by atoms with E-state index in [0.29, 0.717) is 24.3 Å². The van der Waals surface area contributed by atoms with Crippen LogP contribution in [0.15, 0.2) is 54.6 Å².